The number of rotatable bonds is 4. The molecule has 2 aromatic rings. The van der Waals surface area contributed by atoms with Gasteiger partial charge < -0.3 is 5.32 Å². The minimum absolute atomic E-state index is 0.0156. The zero-order valence-electron chi connectivity index (χ0n) is 14.8. The predicted octanol–water partition coefficient (Wildman–Crippen LogP) is 1.71. The van der Waals surface area contributed by atoms with Crippen LogP contribution in [0.5, 0.6) is 0 Å². The lowest BCUT2D eigenvalue weighted by atomic mass is 9.96. The molecule has 8 heteroatoms. The van der Waals surface area contributed by atoms with Crippen molar-refractivity contribution in [3.63, 3.8) is 0 Å². The second kappa shape index (κ2) is 7.22. The molecule has 1 aromatic heterocycles. The van der Waals surface area contributed by atoms with Crippen molar-refractivity contribution < 1.29 is 14.4 Å². The molecule has 4 rings (SSSR count). The first-order valence-corrected chi connectivity index (χ1v) is 9.19. The summed E-state index contributed by atoms with van der Waals surface area (Å²) in [6.07, 6.45) is 5.70. The van der Waals surface area contributed by atoms with E-state index in [1.165, 1.54) is 0 Å². The van der Waals surface area contributed by atoms with Crippen LogP contribution in [0.1, 0.15) is 57.8 Å². The highest BCUT2D eigenvalue weighted by molar-refractivity contribution is 5.99. The van der Waals surface area contributed by atoms with Gasteiger partial charge in [0.15, 0.2) is 5.69 Å². The Hall–Kier alpha value is -3.16. The van der Waals surface area contributed by atoms with Crippen LogP contribution in [0.3, 0.4) is 0 Å². The number of fused-ring (bicyclic) bond motifs is 1. The summed E-state index contributed by atoms with van der Waals surface area (Å²) in [5.41, 5.74) is 8.11. The van der Waals surface area contributed by atoms with Gasteiger partial charge in [0.1, 0.15) is 0 Å². The van der Waals surface area contributed by atoms with Crippen LogP contribution >= 0.6 is 0 Å². The molecule has 2 aliphatic rings. The van der Waals surface area contributed by atoms with Crippen molar-refractivity contribution in [1.82, 2.24) is 21.0 Å². The van der Waals surface area contributed by atoms with Gasteiger partial charge in [-0.05, 0) is 62.8 Å². The molecule has 0 saturated heterocycles. The van der Waals surface area contributed by atoms with E-state index in [9.17, 15) is 14.4 Å². The minimum Gasteiger partial charge on any atom is -0.326 e. The molecule has 8 nitrogen and oxygen atoms in total. The van der Waals surface area contributed by atoms with Crippen molar-refractivity contribution in [2.45, 2.75) is 38.5 Å². The van der Waals surface area contributed by atoms with E-state index >= 15 is 0 Å². The molecular formula is C19H21N5O3. The molecule has 1 heterocycles. The number of hydrogen-bond acceptors (Lipinski definition) is 4. The van der Waals surface area contributed by atoms with Gasteiger partial charge in [0.05, 0.1) is 0 Å². The number of aromatic amines is 1. The number of H-pyrrole nitrogens is 1. The maximum absolute atomic E-state index is 12.3. The van der Waals surface area contributed by atoms with Crippen LogP contribution in [0.25, 0.3) is 0 Å². The number of hydrogen-bond donors (Lipinski definition) is 4. The zero-order chi connectivity index (χ0) is 18.8. The highest BCUT2D eigenvalue weighted by Crippen LogP contribution is 2.30. The Kier molecular flexibility index (Phi) is 4.62. The average molecular weight is 367 g/mol. The van der Waals surface area contributed by atoms with E-state index in [1.807, 2.05) is 0 Å². The number of hydrazine groups is 1. The molecule has 2 aliphatic carbocycles. The molecule has 1 saturated carbocycles. The number of nitrogens with zero attached hydrogens (tertiary/aromatic N) is 1. The first kappa shape index (κ1) is 17.3. The number of amides is 3. The third-order valence-electron chi connectivity index (χ3n) is 4.92. The molecule has 0 atom stereocenters. The summed E-state index contributed by atoms with van der Waals surface area (Å²) in [7, 11) is 0. The number of benzene rings is 1. The summed E-state index contributed by atoms with van der Waals surface area (Å²) in [5.74, 6) is -0.735. The van der Waals surface area contributed by atoms with Crippen LogP contribution in [0.15, 0.2) is 24.3 Å². The Morgan fingerprint density at radius 3 is 2.41 bits per heavy atom. The lowest BCUT2D eigenvalue weighted by molar-refractivity contribution is -0.117. The van der Waals surface area contributed by atoms with Crippen molar-refractivity contribution in [3.05, 3.63) is 46.8 Å². The minimum atomic E-state index is -0.437. The summed E-state index contributed by atoms with van der Waals surface area (Å²) in [6, 6.07) is 6.53. The molecule has 0 aliphatic heterocycles. The Balaban J connectivity index is 1.33. The second-order valence-corrected chi connectivity index (χ2v) is 6.99. The normalized spacial score (nSPS) is 15.6. The van der Waals surface area contributed by atoms with Crippen molar-refractivity contribution in [2.24, 2.45) is 5.92 Å². The van der Waals surface area contributed by atoms with Gasteiger partial charge in [0.2, 0.25) is 5.91 Å². The third-order valence-corrected chi connectivity index (χ3v) is 4.92. The first-order valence-electron chi connectivity index (χ1n) is 9.19. The van der Waals surface area contributed by atoms with Gasteiger partial charge in [-0.2, -0.15) is 5.10 Å². The summed E-state index contributed by atoms with van der Waals surface area (Å²) in [5, 5.41) is 9.80. The Morgan fingerprint density at radius 1 is 0.963 bits per heavy atom. The van der Waals surface area contributed by atoms with Crippen molar-refractivity contribution in [1.29, 1.82) is 0 Å². The SMILES string of the molecule is O=C(NNC(=O)c1n[nH]c2c1CCCC2)c1ccc(NC(=O)C2CC2)cc1. The number of carbonyl (C=O) groups excluding carboxylic acids is 3. The van der Waals surface area contributed by atoms with Gasteiger partial charge in [-0.15, -0.1) is 0 Å². The standard InChI is InChI=1S/C19H21N5O3/c25-17(11-5-6-11)20-13-9-7-12(8-10-13)18(26)23-24-19(27)16-14-3-1-2-4-15(14)21-22-16/h7-11H,1-6H2,(H,20,25)(H,21,22)(H,23,26)(H,24,27). The number of aromatic nitrogens is 2. The number of aryl methyl sites for hydroxylation is 1. The van der Waals surface area contributed by atoms with E-state index in [-0.39, 0.29) is 11.8 Å². The summed E-state index contributed by atoms with van der Waals surface area (Å²) in [6.45, 7) is 0. The highest BCUT2D eigenvalue weighted by atomic mass is 16.2. The molecule has 1 fully saturated rings. The van der Waals surface area contributed by atoms with Gasteiger partial charge in [-0.25, -0.2) is 0 Å². The number of nitrogens with one attached hydrogen (secondary N) is 4. The Morgan fingerprint density at radius 2 is 1.67 bits per heavy atom. The van der Waals surface area contributed by atoms with E-state index in [4.69, 9.17) is 0 Å². The molecule has 140 valence electrons. The van der Waals surface area contributed by atoms with Crippen LogP contribution in [0.2, 0.25) is 0 Å². The van der Waals surface area contributed by atoms with Crippen LogP contribution in [-0.4, -0.2) is 27.9 Å². The predicted molar refractivity (Wildman–Crippen MR) is 98.0 cm³/mol. The van der Waals surface area contributed by atoms with Crippen LogP contribution in [0.4, 0.5) is 5.69 Å². The van der Waals surface area contributed by atoms with Crippen molar-refractivity contribution in [3.8, 4) is 0 Å². The van der Waals surface area contributed by atoms with Gasteiger partial charge in [0.25, 0.3) is 11.8 Å². The van der Waals surface area contributed by atoms with E-state index in [0.717, 1.165) is 49.8 Å². The summed E-state index contributed by atoms with van der Waals surface area (Å²) < 4.78 is 0. The van der Waals surface area contributed by atoms with Crippen LogP contribution in [0, 0.1) is 5.92 Å². The molecule has 4 N–H and O–H groups in total. The van der Waals surface area contributed by atoms with E-state index in [0.29, 0.717) is 16.9 Å². The highest BCUT2D eigenvalue weighted by Gasteiger charge is 2.29. The smallest absolute Gasteiger partial charge is 0.290 e. The largest absolute Gasteiger partial charge is 0.326 e. The van der Waals surface area contributed by atoms with Gasteiger partial charge in [0, 0.05) is 28.4 Å². The molecule has 27 heavy (non-hydrogen) atoms. The fourth-order valence-electron chi connectivity index (χ4n) is 3.21. The van der Waals surface area contributed by atoms with Gasteiger partial charge in [-0.1, -0.05) is 0 Å². The van der Waals surface area contributed by atoms with Gasteiger partial charge in [-0.3, -0.25) is 30.3 Å². The molecule has 1 aromatic carbocycles. The number of anilines is 1. The maximum Gasteiger partial charge on any atom is 0.290 e. The lowest BCUT2D eigenvalue weighted by Crippen LogP contribution is -2.42. The fourth-order valence-corrected chi connectivity index (χ4v) is 3.21. The van der Waals surface area contributed by atoms with Crippen molar-refractivity contribution in [2.75, 3.05) is 5.32 Å². The topological polar surface area (TPSA) is 116 Å². The molecule has 0 radical (unpaired) electrons. The number of carbonyl (C=O) groups is 3. The lowest BCUT2D eigenvalue weighted by Gasteiger charge is -2.11. The van der Waals surface area contributed by atoms with E-state index in [1.54, 1.807) is 24.3 Å². The molecule has 0 bridgehead atoms. The van der Waals surface area contributed by atoms with E-state index in [2.05, 4.69) is 26.4 Å². The van der Waals surface area contributed by atoms with E-state index < -0.39 is 11.8 Å². The quantitative estimate of drug-likeness (QED) is 0.616. The molecule has 3 amide bonds. The average Bonchev–Trinajstić information content (AvgIpc) is 3.46. The molecular weight excluding hydrogens is 346 g/mol. The second-order valence-electron chi connectivity index (χ2n) is 6.99. The van der Waals surface area contributed by atoms with Gasteiger partial charge >= 0.3 is 0 Å². The van der Waals surface area contributed by atoms with Crippen LogP contribution in [-0.2, 0) is 17.6 Å². The Labute approximate surface area is 156 Å². The Bertz CT molecular complexity index is 883. The first-order chi connectivity index (χ1) is 13.1. The van der Waals surface area contributed by atoms with Crippen molar-refractivity contribution >= 4 is 23.4 Å². The summed E-state index contributed by atoms with van der Waals surface area (Å²) in [4.78, 5) is 36.3. The third kappa shape index (κ3) is 3.84. The molecule has 0 spiro atoms. The fraction of sp³-hybridized carbons (Fsp3) is 0.368. The summed E-state index contributed by atoms with van der Waals surface area (Å²) >= 11 is 0. The zero-order valence-corrected chi connectivity index (χ0v) is 14.8. The monoisotopic (exact) mass is 367 g/mol. The molecule has 0 unspecified atom stereocenters. The van der Waals surface area contributed by atoms with Crippen LogP contribution < -0.4 is 16.2 Å². The maximum atomic E-state index is 12.3.